The van der Waals surface area contributed by atoms with Gasteiger partial charge < -0.3 is 15.2 Å². The lowest BCUT2D eigenvalue weighted by Gasteiger charge is -2.24. The summed E-state index contributed by atoms with van der Waals surface area (Å²) in [4.78, 5) is 17.8. The molecule has 0 fully saturated rings. The number of fused-ring (bicyclic) bond motifs is 3. The van der Waals surface area contributed by atoms with Crippen LogP contribution >= 0.6 is 0 Å². The van der Waals surface area contributed by atoms with Crippen molar-refractivity contribution in [3.63, 3.8) is 0 Å². The maximum Gasteiger partial charge on any atom is 0.240 e. The highest BCUT2D eigenvalue weighted by Gasteiger charge is 2.22. The summed E-state index contributed by atoms with van der Waals surface area (Å²) in [6, 6.07) is 8.48. The Morgan fingerprint density at radius 1 is 1.28 bits per heavy atom. The summed E-state index contributed by atoms with van der Waals surface area (Å²) >= 11 is 0. The van der Waals surface area contributed by atoms with Crippen LogP contribution in [-0.4, -0.2) is 41.1 Å². The number of amides is 1. The summed E-state index contributed by atoms with van der Waals surface area (Å²) in [7, 11) is 1.87. The second kappa shape index (κ2) is 8.49. The lowest BCUT2D eigenvalue weighted by molar-refractivity contribution is -0.121. The Morgan fingerprint density at radius 3 is 2.97 bits per heavy atom. The van der Waals surface area contributed by atoms with Gasteiger partial charge in [0.15, 0.2) is 0 Å². The van der Waals surface area contributed by atoms with E-state index >= 15 is 0 Å². The first kappa shape index (κ1) is 20.3. The number of nitrogens with zero attached hydrogens (tertiary/aromatic N) is 6. The molecule has 1 aromatic carbocycles. The number of anilines is 1. The van der Waals surface area contributed by atoms with E-state index in [1.807, 2.05) is 40.8 Å². The van der Waals surface area contributed by atoms with Crippen LogP contribution in [0.5, 0.6) is 0 Å². The smallest absolute Gasteiger partial charge is 0.240 e. The normalized spacial score (nSPS) is 15.5. The number of hydrogen-bond donors (Lipinski definition) is 2. The molecule has 1 atom stereocenters. The van der Waals surface area contributed by atoms with Gasteiger partial charge in [-0.25, -0.2) is 4.98 Å². The van der Waals surface area contributed by atoms with Crippen LogP contribution < -0.4 is 10.6 Å². The van der Waals surface area contributed by atoms with Crippen LogP contribution in [0.2, 0.25) is 0 Å². The lowest BCUT2D eigenvalue weighted by Crippen LogP contribution is -2.28. The van der Waals surface area contributed by atoms with Gasteiger partial charge in [-0.1, -0.05) is 0 Å². The molecular weight excluding hydrogens is 404 g/mol. The largest absolute Gasteiger partial charge is 0.382 e. The fourth-order valence-electron chi connectivity index (χ4n) is 4.34. The minimum absolute atomic E-state index is 0.0558. The Hall–Kier alpha value is -3.62. The van der Waals surface area contributed by atoms with E-state index in [1.54, 1.807) is 10.9 Å². The zero-order valence-electron chi connectivity index (χ0n) is 18.5. The molecule has 5 rings (SSSR count). The first-order chi connectivity index (χ1) is 15.6. The highest BCUT2D eigenvalue weighted by atomic mass is 16.1. The minimum atomic E-state index is -0.0558. The maximum atomic E-state index is 12.8. The molecule has 0 saturated heterocycles. The highest BCUT2D eigenvalue weighted by molar-refractivity contribution is 5.87. The quantitative estimate of drug-likeness (QED) is 0.467. The van der Waals surface area contributed by atoms with Crippen molar-refractivity contribution >= 4 is 22.6 Å². The predicted molar refractivity (Wildman–Crippen MR) is 122 cm³/mol. The third-order valence-electron chi connectivity index (χ3n) is 5.99. The molecule has 9 heteroatoms. The van der Waals surface area contributed by atoms with E-state index in [4.69, 9.17) is 4.98 Å². The average molecular weight is 433 g/mol. The van der Waals surface area contributed by atoms with E-state index in [1.165, 1.54) is 5.56 Å². The van der Waals surface area contributed by atoms with Crippen molar-refractivity contribution in [1.82, 2.24) is 34.4 Å². The molecule has 32 heavy (non-hydrogen) atoms. The van der Waals surface area contributed by atoms with Crippen molar-refractivity contribution in [2.24, 2.45) is 7.05 Å². The van der Waals surface area contributed by atoms with Crippen LogP contribution in [-0.2, 0) is 44.3 Å². The second-order valence-corrected chi connectivity index (χ2v) is 8.43. The summed E-state index contributed by atoms with van der Waals surface area (Å²) in [5.74, 6) is 0.843. The van der Waals surface area contributed by atoms with E-state index in [0.717, 1.165) is 41.1 Å². The maximum absolute atomic E-state index is 12.8. The van der Waals surface area contributed by atoms with E-state index in [-0.39, 0.29) is 12.5 Å². The van der Waals surface area contributed by atoms with E-state index in [9.17, 15) is 4.79 Å². The predicted octanol–water partition coefficient (Wildman–Crippen LogP) is 2.27. The molecule has 4 aromatic rings. The van der Waals surface area contributed by atoms with Crippen LogP contribution in [0.3, 0.4) is 0 Å². The Balaban J connectivity index is 1.42. The standard InChI is InChI=1S/C23H28N8O/c1-16-4-5-18-19(26-16)6-7-20-23(18)27-21(9-13-30-11-3-10-25-30)31(20)15-22(32)24-14-17-8-12-29(2)28-17/h3,6-8,10-12,16,26H,4-5,9,13-15H2,1-2H3,(H,24,32)/t16-/m0/s1. The van der Waals surface area contributed by atoms with Gasteiger partial charge in [-0.3, -0.25) is 14.2 Å². The molecule has 0 radical (unpaired) electrons. The number of aromatic nitrogens is 6. The molecule has 0 unspecified atom stereocenters. The summed E-state index contributed by atoms with van der Waals surface area (Å²) in [5, 5.41) is 15.2. The first-order valence-corrected chi connectivity index (χ1v) is 11.1. The molecule has 0 bridgehead atoms. The third kappa shape index (κ3) is 4.10. The second-order valence-electron chi connectivity index (χ2n) is 8.43. The fraction of sp³-hybridized carbons (Fsp3) is 0.391. The Kier molecular flexibility index (Phi) is 5.38. The molecule has 166 valence electrons. The van der Waals surface area contributed by atoms with Gasteiger partial charge >= 0.3 is 0 Å². The number of carbonyl (C=O) groups excluding carboxylic acids is 1. The molecule has 0 saturated carbocycles. The van der Waals surface area contributed by atoms with Gasteiger partial charge in [-0.15, -0.1) is 0 Å². The Bertz CT molecular complexity index is 1240. The molecule has 3 aromatic heterocycles. The molecule has 2 N–H and O–H groups in total. The highest BCUT2D eigenvalue weighted by Crippen LogP contribution is 2.32. The number of hydrogen-bond acceptors (Lipinski definition) is 5. The zero-order valence-corrected chi connectivity index (χ0v) is 18.5. The van der Waals surface area contributed by atoms with Crippen LogP contribution in [0, 0.1) is 0 Å². The zero-order chi connectivity index (χ0) is 22.1. The van der Waals surface area contributed by atoms with Crippen molar-refractivity contribution in [3.8, 4) is 0 Å². The SMILES string of the molecule is C[C@H]1CCc2c(ccc3c2nc(CCn2cccn2)n3CC(=O)NCc2ccn(C)n2)N1. The molecular formula is C23H28N8O. The molecule has 9 nitrogen and oxygen atoms in total. The topological polar surface area (TPSA) is 94.6 Å². The molecule has 1 aliphatic heterocycles. The van der Waals surface area contributed by atoms with E-state index < -0.39 is 0 Å². The molecule has 4 heterocycles. The van der Waals surface area contributed by atoms with Crippen LogP contribution in [0.4, 0.5) is 5.69 Å². The number of carbonyl (C=O) groups is 1. The molecule has 1 aliphatic rings. The molecule has 0 spiro atoms. The van der Waals surface area contributed by atoms with Gasteiger partial charge in [0, 0.05) is 55.9 Å². The van der Waals surface area contributed by atoms with Crippen LogP contribution in [0.25, 0.3) is 11.0 Å². The minimum Gasteiger partial charge on any atom is -0.382 e. The molecule has 0 aliphatic carbocycles. The lowest BCUT2D eigenvalue weighted by atomic mass is 9.98. The summed E-state index contributed by atoms with van der Waals surface area (Å²) in [6.07, 6.45) is 8.35. The average Bonchev–Trinajstić information content (AvgIpc) is 3.51. The fourth-order valence-corrected chi connectivity index (χ4v) is 4.34. The number of benzene rings is 1. The Morgan fingerprint density at radius 2 is 2.19 bits per heavy atom. The van der Waals surface area contributed by atoms with Gasteiger partial charge in [0.2, 0.25) is 5.91 Å². The van der Waals surface area contributed by atoms with Gasteiger partial charge in [0.25, 0.3) is 0 Å². The van der Waals surface area contributed by atoms with Crippen molar-refractivity contribution < 1.29 is 4.79 Å². The third-order valence-corrected chi connectivity index (χ3v) is 5.99. The van der Waals surface area contributed by atoms with Crippen molar-refractivity contribution in [2.75, 3.05) is 5.32 Å². The number of rotatable bonds is 7. The van der Waals surface area contributed by atoms with Gasteiger partial charge in [0.1, 0.15) is 12.4 Å². The van der Waals surface area contributed by atoms with Crippen molar-refractivity contribution in [2.45, 2.75) is 51.9 Å². The van der Waals surface area contributed by atoms with Gasteiger partial charge in [-0.05, 0) is 44.0 Å². The number of nitrogens with one attached hydrogen (secondary N) is 2. The van der Waals surface area contributed by atoms with Crippen molar-refractivity contribution in [1.29, 1.82) is 0 Å². The van der Waals surface area contributed by atoms with E-state index in [2.05, 4.69) is 39.9 Å². The first-order valence-electron chi connectivity index (χ1n) is 11.1. The number of aryl methyl sites for hydroxylation is 4. The number of imidazole rings is 1. The van der Waals surface area contributed by atoms with Crippen molar-refractivity contribution in [3.05, 3.63) is 59.9 Å². The van der Waals surface area contributed by atoms with Gasteiger partial charge in [-0.2, -0.15) is 10.2 Å². The Labute approximate surface area is 186 Å². The van der Waals surface area contributed by atoms with Crippen LogP contribution in [0.15, 0.2) is 42.9 Å². The van der Waals surface area contributed by atoms with Crippen LogP contribution in [0.1, 0.15) is 30.4 Å². The van der Waals surface area contributed by atoms with Gasteiger partial charge in [0.05, 0.1) is 23.3 Å². The summed E-state index contributed by atoms with van der Waals surface area (Å²) in [5.41, 5.74) is 5.23. The summed E-state index contributed by atoms with van der Waals surface area (Å²) < 4.78 is 5.67. The monoisotopic (exact) mass is 432 g/mol. The summed E-state index contributed by atoms with van der Waals surface area (Å²) in [6.45, 7) is 3.54. The molecule has 1 amide bonds. The van der Waals surface area contributed by atoms with E-state index in [0.29, 0.717) is 25.6 Å².